The Kier molecular flexibility index (Phi) is 5.43. The molecule has 1 aromatic carbocycles. The van der Waals surface area contributed by atoms with E-state index >= 15 is 0 Å². The van der Waals surface area contributed by atoms with Gasteiger partial charge in [0.2, 0.25) is 0 Å². The molecule has 1 atom stereocenters. The number of nitro groups is 1. The number of rotatable bonds is 6. The minimum atomic E-state index is -1.46. The van der Waals surface area contributed by atoms with E-state index in [0.717, 1.165) is 12.1 Å². The van der Waals surface area contributed by atoms with Crippen LogP contribution in [0.4, 0.5) is 16.2 Å². The summed E-state index contributed by atoms with van der Waals surface area (Å²) in [6.07, 6.45) is 0. The fraction of sp³-hybridized carbons (Fsp3) is 0.273. The van der Waals surface area contributed by atoms with Crippen LogP contribution < -0.4 is 15.4 Å². The van der Waals surface area contributed by atoms with Crippen molar-refractivity contribution in [1.82, 2.24) is 5.32 Å². The van der Waals surface area contributed by atoms with Crippen LogP contribution in [-0.2, 0) is 4.79 Å². The zero-order valence-corrected chi connectivity index (χ0v) is 10.9. The summed E-state index contributed by atoms with van der Waals surface area (Å²) >= 11 is 0. The number of amides is 2. The second kappa shape index (κ2) is 7.05. The number of hydrogen-bond acceptors (Lipinski definition) is 6. The van der Waals surface area contributed by atoms with Crippen LogP contribution in [0.5, 0.6) is 5.75 Å². The van der Waals surface area contributed by atoms with Gasteiger partial charge in [0, 0.05) is 6.07 Å². The molecule has 0 radical (unpaired) electrons. The van der Waals surface area contributed by atoms with Crippen LogP contribution in [0.3, 0.4) is 0 Å². The number of hydrogen-bond donors (Lipinski definition) is 4. The van der Waals surface area contributed by atoms with E-state index in [1.54, 1.807) is 0 Å². The molecule has 114 valence electrons. The van der Waals surface area contributed by atoms with Gasteiger partial charge in [-0.15, -0.1) is 0 Å². The van der Waals surface area contributed by atoms with Crippen molar-refractivity contribution in [3.63, 3.8) is 0 Å². The average Bonchev–Trinajstić information content (AvgIpc) is 2.44. The van der Waals surface area contributed by atoms with Crippen molar-refractivity contribution in [2.75, 3.05) is 19.0 Å². The predicted octanol–water partition coefficient (Wildman–Crippen LogP) is 0.170. The molecule has 4 N–H and O–H groups in total. The lowest BCUT2D eigenvalue weighted by molar-refractivity contribution is -0.384. The smallest absolute Gasteiger partial charge is 0.328 e. The second-order valence-corrected chi connectivity index (χ2v) is 3.81. The van der Waals surface area contributed by atoms with E-state index < -0.39 is 29.6 Å². The third kappa shape index (κ3) is 4.31. The van der Waals surface area contributed by atoms with Gasteiger partial charge in [-0.2, -0.15) is 0 Å². The standard InChI is InChI=1S/C11H13N3O7/c1-21-9-4-6(14(19)20)2-3-7(9)12-11(18)13-8(5-15)10(16)17/h2-4,8,15H,5H2,1H3,(H,16,17)(H2,12,13,18). The summed E-state index contributed by atoms with van der Waals surface area (Å²) < 4.78 is 4.90. The van der Waals surface area contributed by atoms with Crippen molar-refractivity contribution in [3.05, 3.63) is 28.3 Å². The number of non-ortho nitro benzene ring substituents is 1. The Bertz CT molecular complexity index is 561. The van der Waals surface area contributed by atoms with Crippen LogP contribution in [-0.4, -0.2) is 46.9 Å². The lowest BCUT2D eigenvalue weighted by atomic mass is 10.2. The molecule has 1 unspecified atom stereocenters. The summed E-state index contributed by atoms with van der Waals surface area (Å²) in [6.45, 7) is -0.778. The number of aliphatic hydroxyl groups is 1. The highest BCUT2D eigenvalue weighted by molar-refractivity contribution is 5.93. The number of nitro benzene ring substituents is 1. The number of nitrogens with zero attached hydrogens (tertiary/aromatic N) is 1. The van der Waals surface area contributed by atoms with E-state index in [0.29, 0.717) is 0 Å². The molecule has 0 bridgehead atoms. The summed E-state index contributed by atoms with van der Waals surface area (Å²) in [4.78, 5) is 32.2. The maximum absolute atomic E-state index is 11.6. The van der Waals surface area contributed by atoms with Crippen molar-refractivity contribution in [1.29, 1.82) is 0 Å². The van der Waals surface area contributed by atoms with Gasteiger partial charge >= 0.3 is 12.0 Å². The van der Waals surface area contributed by atoms with Gasteiger partial charge in [0.1, 0.15) is 5.75 Å². The Balaban J connectivity index is 2.85. The van der Waals surface area contributed by atoms with Gasteiger partial charge < -0.3 is 25.6 Å². The van der Waals surface area contributed by atoms with Gasteiger partial charge in [-0.1, -0.05) is 0 Å². The van der Waals surface area contributed by atoms with Crippen molar-refractivity contribution >= 4 is 23.4 Å². The number of carboxylic acids is 1. The number of carbonyl (C=O) groups excluding carboxylic acids is 1. The second-order valence-electron chi connectivity index (χ2n) is 3.81. The summed E-state index contributed by atoms with van der Waals surface area (Å²) in [7, 11) is 1.26. The first-order valence-corrected chi connectivity index (χ1v) is 5.62. The fourth-order valence-corrected chi connectivity index (χ4v) is 1.40. The van der Waals surface area contributed by atoms with Gasteiger partial charge in [-0.05, 0) is 6.07 Å². The number of aliphatic hydroxyl groups excluding tert-OH is 1. The molecule has 1 rings (SSSR count). The molecular weight excluding hydrogens is 286 g/mol. The van der Waals surface area contributed by atoms with E-state index in [-0.39, 0.29) is 17.1 Å². The van der Waals surface area contributed by atoms with Crippen molar-refractivity contribution in [2.45, 2.75) is 6.04 Å². The molecule has 0 aliphatic rings. The zero-order chi connectivity index (χ0) is 16.0. The molecule has 0 spiro atoms. The number of aliphatic carboxylic acids is 1. The highest BCUT2D eigenvalue weighted by Crippen LogP contribution is 2.28. The molecule has 2 amide bonds. The molecular formula is C11H13N3O7. The fourth-order valence-electron chi connectivity index (χ4n) is 1.40. The van der Waals surface area contributed by atoms with Crippen LogP contribution in [0.15, 0.2) is 18.2 Å². The first-order chi connectivity index (χ1) is 9.88. The summed E-state index contributed by atoms with van der Waals surface area (Å²) in [5.41, 5.74) is -0.112. The number of benzene rings is 1. The lowest BCUT2D eigenvalue weighted by Crippen LogP contribution is -2.45. The van der Waals surface area contributed by atoms with Gasteiger partial charge in [0.05, 0.1) is 30.4 Å². The Morgan fingerprint density at radius 1 is 1.48 bits per heavy atom. The number of anilines is 1. The van der Waals surface area contributed by atoms with Gasteiger partial charge in [-0.3, -0.25) is 10.1 Å². The number of nitrogens with one attached hydrogen (secondary N) is 2. The largest absolute Gasteiger partial charge is 0.494 e. The SMILES string of the molecule is COc1cc([N+](=O)[O-])ccc1NC(=O)NC(CO)C(=O)O. The monoisotopic (exact) mass is 299 g/mol. The van der Waals surface area contributed by atoms with E-state index in [9.17, 15) is 19.7 Å². The van der Waals surface area contributed by atoms with Crippen molar-refractivity contribution in [3.8, 4) is 5.75 Å². The number of carboxylic acid groups (broad SMARTS) is 1. The highest BCUT2D eigenvalue weighted by atomic mass is 16.6. The van der Waals surface area contributed by atoms with Gasteiger partial charge in [0.25, 0.3) is 5.69 Å². The Morgan fingerprint density at radius 3 is 2.62 bits per heavy atom. The summed E-state index contributed by atoms with van der Waals surface area (Å²) in [5, 5.41) is 32.4. The molecule has 10 nitrogen and oxygen atoms in total. The third-order valence-electron chi connectivity index (χ3n) is 2.43. The first kappa shape index (κ1) is 16.2. The number of urea groups is 1. The average molecular weight is 299 g/mol. The van der Waals surface area contributed by atoms with Gasteiger partial charge in [-0.25, -0.2) is 9.59 Å². The molecule has 21 heavy (non-hydrogen) atoms. The molecule has 0 saturated heterocycles. The molecule has 0 aliphatic heterocycles. The maximum Gasteiger partial charge on any atom is 0.328 e. The molecule has 0 saturated carbocycles. The summed E-state index contributed by atoms with van der Waals surface area (Å²) in [6, 6.07) is 1.14. The van der Waals surface area contributed by atoms with E-state index in [1.165, 1.54) is 13.2 Å². The van der Waals surface area contributed by atoms with Crippen molar-refractivity contribution in [2.24, 2.45) is 0 Å². The third-order valence-corrected chi connectivity index (χ3v) is 2.43. The van der Waals surface area contributed by atoms with Crippen LogP contribution in [0.25, 0.3) is 0 Å². The topological polar surface area (TPSA) is 151 Å². The molecule has 0 aromatic heterocycles. The van der Waals surface area contributed by atoms with E-state index in [4.69, 9.17) is 14.9 Å². The van der Waals surface area contributed by atoms with E-state index in [2.05, 4.69) is 5.32 Å². The normalized spacial score (nSPS) is 11.3. The van der Waals surface area contributed by atoms with Crippen LogP contribution >= 0.6 is 0 Å². The van der Waals surface area contributed by atoms with Crippen molar-refractivity contribution < 1.29 is 29.5 Å². The Hall–Kier alpha value is -2.88. The molecule has 0 heterocycles. The van der Waals surface area contributed by atoms with Crippen LogP contribution in [0.1, 0.15) is 0 Å². The summed E-state index contributed by atoms with van der Waals surface area (Å²) in [5.74, 6) is -1.36. The highest BCUT2D eigenvalue weighted by Gasteiger charge is 2.20. The number of methoxy groups -OCH3 is 1. The van der Waals surface area contributed by atoms with Crippen LogP contribution in [0, 0.1) is 10.1 Å². The van der Waals surface area contributed by atoms with E-state index in [1.807, 2.05) is 5.32 Å². The lowest BCUT2D eigenvalue weighted by Gasteiger charge is -2.14. The first-order valence-electron chi connectivity index (χ1n) is 5.62. The minimum Gasteiger partial charge on any atom is -0.494 e. The minimum absolute atomic E-state index is 0.0372. The number of ether oxygens (including phenoxy) is 1. The van der Waals surface area contributed by atoms with Gasteiger partial charge in [0.15, 0.2) is 6.04 Å². The zero-order valence-electron chi connectivity index (χ0n) is 10.9. The maximum atomic E-state index is 11.6. The predicted molar refractivity (Wildman–Crippen MR) is 70.3 cm³/mol. The molecule has 1 aromatic rings. The Labute approximate surface area is 118 Å². The number of carbonyl (C=O) groups is 2. The molecule has 10 heteroatoms. The molecule has 0 fully saturated rings. The Morgan fingerprint density at radius 2 is 2.14 bits per heavy atom. The van der Waals surface area contributed by atoms with Crippen LogP contribution in [0.2, 0.25) is 0 Å². The molecule has 0 aliphatic carbocycles. The quantitative estimate of drug-likeness (QED) is 0.431.